The van der Waals surface area contributed by atoms with Gasteiger partial charge in [-0.15, -0.1) is 0 Å². The summed E-state index contributed by atoms with van der Waals surface area (Å²) in [4.78, 5) is 14.2. The Bertz CT molecular complexity index is 524. The van der Waals surface area contributed by atoms with Crippen LogP contribution >= 0.6 is 0 Å². The number of nitrogens with one attached hydrogen (secondary N) is 1. The lowest BCUT2D eigenvalue weighted by Crippen LogP contribution is -2.43. The minimum atomic E-state index is -0.355. The molecule has 21 heavy (non-hydrogen) atoms. The number of carbonyl (C=O) groups is 1. The van der Waals surface area contributed by atoms with Crippen molar-refractivity contribution in [1.82, 2.24) is 5.32 Å². The highest BCUT2D eigenvalue weighted by Gasteiger charge is 2.27. The SMILES string of the molecule is Cc1cccc2c1CCN2C(=O)NCC(C)(C)CC(C)O. The minimum Gasteiger partial charge on any atom is -0.393 e. The molecule has 0 aromatic heterocycles. The van der Waals surface area contributed by atoms with E-state index >= 15 is 0 Å². The molecular formula is C17H26N2O2. The topological polar surface area (TPSA) is 52.6 Å². The van der Waals surface area contributed by atoms with Crippen molar-refractivity contribution in [3.8, 4) is 0 Å². The van der Waals surface area contributed by atoms with Gasteiger partial charge in [0.2, 0.25) is 0 Å². The number of hydrogen-bond acceptors (Lipinski definition) is 2. The number of nitrogens with zero attached hydrogens (tertiary/aromatic N) is 1. The van der Waals surface area contributed by atoms with Crippen LogP contribution < -0.4 is 10.2 Å². The average molecular weight is 290 g/mol. The highest BCUT2D eigenvalue weighted by Crippen LogP contribution is 2.30. The van der Waals surface area contributed by atoms with Crippen molar-refractivity contribution in [1.29, 1.82) is 0 Å². The first-order valence-corrected chi connectivity index (χ1v) is 7.62. The lowest BCUT2D eigenvalue weighted by molar-refractivity contribution is 0.129. The van der Waals surface area contributed by atoms with Crippen LogP contribution in [0.15, 0.2) is 18.2 Å². The Balaban J connectivity index is 1.99. The molecule has 0 aliphatic carbocycles. The predicted molar refractivity (Wildman–Crippen MR) is 85.7 cm³/mol. The van der Waals surface area contributed by atoms with E-state index in [-0.39, 0.29) is 17.6 Å². The Morgan fingerprint density at radius 2 is 2.19 bits per heavy atom. The molecule has 1 aromatic rings. The van der Waals surface area contributed by atoms with Crippen molar-refractivity contribution in [3.63, 3.8) is 0 Å². The zero-order valence-electron chi connectivity index (χ0n) is 13.4. The maximum atomic E-state index is 12.4. The van der Waals surface area contributed by atoms with Crippen LogP contribution in [0.4, 0.5) is 10.5 Å². The van der Waals surface area contributed by atoms with Crippen LogP contribution in [0.2, 0.25) is 0 Å². The number of benzene rings is 1. The molecule has 4 nitrogen and oxygen atoms in total. The lowest BCUT2D eigenvalue weighted by atomic mass is 9.87. The zero-order chi connectivity index (χ0) is 15.6. The third kappa shape index (κ3) is 3.76. The van der Waals surface area contributed by atoms with Crippen molar-refractivity contribution >= 4 is 11.7 Å². The first-order chi connectivity index (χ1) is 9.80. The Morgan fingerprint density at radius 1 is 1.48 bits per heavy atom. The first kappa shape index (κ1) is 15.8. The molecule has 0 saturated carbocycles. The summed E-state index contributed by atoms with van der Waals surface area (Å²) >= 11 is 0. The molecule has 0 spiro atoms. The van der Waals surface area contributed by atoms with Crippen LogP contribution in [0.3, 0.4) is 0 Å². The van der Waals surface area contributed by atoms with Crippen LogP contribution in [-0.4, -0.2) is 30.3 Å². The molecule has 116 valence electrons. The Morgan fingerprint density at radius 3 is 2.86 bits per heavy atom. The summed E-state index contributed by atoms with van der Waals surface area (Å²) in [6, 6.07) is 6.05. The number of aryl methyl sites for hydroxylation is 1. The fourth-order valence-corrected chi connectivity index (χ4v) is 3.10. The number of rotatable bonds is 4. The molecule has 0 fully saturated rings. The summed E-state index contributed by atoms with van der Waals surface area (Å²) in [6.45, 7) is 9.29. The molecule has 4 heteroatoms. The van der Waals surface area contributed by atoms with Gasteiger partial charge in [0.25, 0.3) is 0 Å². The number of amides is 2. The summed E-state index contributed by atoms with van der Waals surface area (Å²) in [6.07, 6.45) is 1.24. The van der Waals surface area contributed by atoms with E-state index in [0.717, 1.165) is 18.7 Å². The van der Waals surface area contributed by atoms with Gasteiger partial charge >= 0.3 is 6.03 Å². The molecule has 1 aliphatic rings. The summed E-state index contributed by atoms with van der Waals surface area (Å²) < 4.78 is 0. The lowest BCUT2D eigenvalue weighted by Gasteiger charge is -2.28. The number of hydrogen-bond donors (Lipinski definition) is 2. The van der Waals surface area contributed by atoms with E-state index < -0.39 is 0 Å². The van der Waals surface area contributed by atoms with Gasteiger partial charge in [-0.2, -0.15) is 0 Å². The fourth-order valence-electron chi connectivity index (χ4n) is 3.10. The molecule has 1 unspecified atom stereocenters. The van der Waals surface area contributed by atoms with Gasteiger partial charge < -0.3 is 10.4 Å². The summed E-state index contributed by atoms with van der Waals surface area (Å²) in [7, 11) is 0. The first-order valence-electron chi connectivity index (χ1n) is 7.62. The highest BCUT2D eigenvalue weighted by atomic mass is 16.3. The van der Waals surface area contributed by atoms with Gasteiger partial charge in [0.05, 0.1) is 6.10 Å². The summed E-state index contributed by atoms with van der Waals surface area (Å²) in [5.41, 5.74) is 3.44. The second-order valence-corrected chi connectivity index (χ2v) is 6.85. The second kappa shape index (κ2) is 6.06. The van der Waals surface area contributed by atoms with Crippen molar-refractivity contribution in [2.75, 3.05) is 18.0 Å². The number of aliphatic hydroxyl groups is 1. The van der Waals surface area contributed by atoms with Crippen molar-refractivity contribution in [2.24, 2.45) is 5.41 Å². The second-order valence-electron chi connectivity index (χ2n) is 6.85. The molecule has 2 amide bonds. The molecule has 0 radical (unpaired) electrons. The average Bonchev–Trinajstić information content (AvgIpc) is 2.80. The summed E-state index contributed by atoms with van der Waals surface area (Å²) in [5.74, 6) is 0. The number of aliphatic hydroxyl groups excluding tert-OH is 1. The van der Waals surface area contributed by atoms with Gasteiger partial charge in [0.15, 0.2) is 0 Å². The van der Waals surface area contributed by atoms with Crippen LogP contribution in [-0.2, 0) is 6.42 Å². The van der Waals surface area contributed by atoms with Crippen molar-refractivity contribution in [2.45, 2.75) is 46.6 Å². The van der Waals surface area contributed by atoms with Gasteiger partial charge in [0, 0.05) is 18.8 Å². The van der Waals surface area contributed by atoms with Crippen LogP contribution in [0, 0.1) is 12.3 Å². The van der Waals surface area contributed by atoms with Gasteiger partial charge in [0.1, 0.15) is 0 Å². The number of urea groups is 1. The molecular weight excluding hydrogens is 264 g/mol. The van der Waals surface area contributed by atoms with E-state index in [4.69, 9.17) is 0 Å². The van der Waals surface area contributed by atoms with Gasteiger partial charge in [-0.3, -0.25) is 4.90 Å². The highest BCUT2D eigenvalue weighted by molar-refractivity contribution is 5.94. The van der Waals surface area contributed by atoms with E-state index in [2.05, 4.69) is 32.2 Å². The standard InChI is InChI=1S/C17H26N2O2/c1-12-6-5-7-15-14(12)8-9-19(15)16(21)18-11-17(3,4)10-13(2)20/h5-7,13,20H,8-11H2,1-4H3,(H,18,21). The summed E-state index contributed by atoms with van der Waals surface area (Å²) in [5, 5.41) is 12.5. The number of anilines is 1. The molecule has 0 bridgehead atoms. The molecule has 1 atom stereocenters. The molecule has 2 N–H and O–H groups in total. The Hall–Kier alpha value is -1.55. The number of carbonyl (C=O) groups excluding carboxylic acids is 1. The monoisotopic (exact) mass is 290 g/mol. The van der Waals surface area contributed by atoms with Crippen molar-refractivity contribution < 1.29 is 9.90 Å². The Labute approximate surface area is 127 Å². The smallest absolute Gasteiger partial charge is 0.321 e. The van der Waals surface area contributed by atoms with Gasteiger partial charge in [-0.05, 0) is 49.3 Å². The van der Waals surface area contributed by atoms with Crippen LogP contribution in [0.1, 0.15) is 38.3 Å². The van der Waals surface area contributed by atoms with Crippen LogP contribution in [0.25, 0.3) is 0 Å². The maximum absolute atomic E-state index is 12.4. The number of fused-ring (bicyclic) bond motifs is 1. The van der Waals surface area contributed by atoms with Crippen molar-refractivity contribution in [3.05, 3.63) is 29.3 Å². The van der Waals surface area contributed by atoms with E-state index in [9.17, 15) is 9.90 Å². The normalized spacial score (nSPS) is 15.8. The molecule has 1 heterocycles. The van der Waals surface area contributed by atoms with Gasteiger partial charge in [-0.25, -0.2) is 4.79 Å². The largest absolute Gasteiger partial charge is 0.393 e. The third-order valence-corrected chi connectivity index (χ3v) is 4.07. The van der Waals surface area contributed by atoms with E-state index in [1.807, 2.05) is 17.0 Å². The van der Waals surface area contributed by atoms with E-state index in [1.165, 1.54) is 11.1 Å². The zero-order valence-corrected chi connectivity index (χ0v) is 13.4. The molecule has 2 rings (SSSR count). The van der Waals surface area contributed by atoms with E-state index in [1.54, 1.807) is 6.92 Å². The maximum Gasteiger partial charge on any atom is 0.321 e. The molecule has 1 aliphatic heterocycles. The predicted octanol–water partition coefficient (Wildman–Crippen LogP) is 2.86. The van der Waals surface area contributed by atoms with Gasteiger partial charge in [-0.1, -0.05) is 26.0 Å². The Kier molecular flexibility index (Phi) is 4.57. The van der Waals surface area contributed by atoms with Crippen LogP contribution in [0.5, 0.6) is 0 Å². The quantitative estimate of drug-likeness (QED) is 0.896. The molecule has 0 saturated heterocycles. The fraction of sp³-hybridized carbons (Fsp3) is 0.588. The van der Waals surface area contributed by atoms with E-state index in [0.29, 0.717) is 13.0 Å². The third-order valence-electron chi connectivity index (χ3n) is 4.07. The molecule has 1 aromatic carbocycles. The minimum absolute atomic E-state index is 0.0435.